The molecule has 1 aromatic rings. The van der Waals surface area contributed by atoms with Gasteiger partial charge in [0.25, 0.3) is 0 Å². The van der Waals surface area contributed by atoms with Crippen molar-refractivity contribution in [3.05, 3.63) is 17.7 Å². The summed E-state index contributed by atoms with van der Waals surface area (Å²) in [6, 6.07) is 3.44. The van der Waals surface area contributed by atoms with E-state index >= 15 is 0 Å². The molecule has 0 saturated carbocycles. The highest BCUT2D eigenvalue weighted by Gasteiger charge is 2.10. The second-order valence-corrected chi connectivity index (χ2v) is 4.35. The van der Waals surface area contributed by atoms with Crippen molar-refractivity contribution in [1.82, 2.24) is 5.43 Å². The topological polar surface area (TPSA) is 69.2 Å². The fourth-order valence-corrected chi connectivity index (χ4v) is 1.72. The Balaban J connectivity index is 2.84. The normalized spacial score (nSPS) is 10.5. The van der Waals surface area contributed by atoms with E-state index in [0.29, 0.717) is 29.2 Å². The number of hydrazone groups is 1. The van der Waals surface area contributed by atoms with E-state index in [1.807, 2.05) is 6.92 Å². The molecule has 0 aliphatic carbocycles. The molecule has 1 N–H and O–H groups in total. The molecular weight excluding hydrogens is 272 g/mol. The van der Waals surface area contributed by atoms with Crippen LogP contribution in [0.5, 0.6) is 17.2 Å². The largest absolute Gasteiger partial charge is 0.496 e. The van der Waals surface area contributed by atoms with Gasteiger partial charge in [0.2, 0.25) is 5.91 Å². The monoisotopic (exact) mass is 294 g/mol. The lowest BCUT2D eigenvalue weighted by atomic mass is 10.2. The summed E-state index contributed by atoms with van der Waals surface area (Å²) in [5.41, 5.74) is 3.17. The van der Waals surface area contributed by atoms with E-state index in [2.05, 4.69) is 10.5 Å². The summed E-state index contributed by atoms with van der Waals surface area (Å²) in [6.45, 7) is 2.03. The second-order valence-electron chi connectivity index (χ2n) is 4.35. The minimum absolute atomic E-state index is 0.104. The van der Waals surface area contributed by atoms with Crippen molar-refractivity contribution in [3.8, 4) is 17.2 Å². The summed E-state index contributed by atoms with van der Waals surface area (Å²) in [5, 5.41) is 3.93. The van der Waals surface area contributed by atoms with Crippen molar-refractivity contribution < 1.29 is 19.0 Å². The highest BCUT2D eigenvalue weighted by Crippen LogP contribution is 2.33. The van der Waals surface area contributed by atoms with Gasteiger partial charge in [0.15, 0.2) is 11.5 Å². The smallest absolute Gasteiger partial charge is 0.240 e. The van der Waals surface area contributed by atoms with Crippen LogP contribution >= 0.6 is 0 Å². The number of carbonyl (C=O) groups excluding carboxylic acids is 1. The van der Waals surface area contributed by atoms with Crippen LogP contribution in [0.15, 0.2) is 17.2 Å². The van der Waals surface area contributed by atoms with Crippen LogP contribution in [0.25, 0.3) is 0 Å². The van der Waals surface area contributed by atoms with Crippen LogP contribution in [0.4, 0.5) is 0 Å². The molecule has 0 aliphatic rings. The fourth-order valence-electron chi connectivity index (χ4n) is 1.72. The van der Waals surface area contributed by atoms with Gasteiger partial charge < -0.3 is 14.2 Å². The number of methoxy groups -OCH3 is 3. The number of amides is 1. The second kappa shape index (κ2) is 8.84. The lowest BCUT2D eigenvalue weighted by Crippen LogP contribution is -2.16. The Morgan fingerprint density at radius 1 is 1.14 bits per heavy atom. The molecule has 0 aliphatic heterocycles. The zero-order valence-corrected chi connectivity index (χ0v) is 12.9. The molecule has 0 saturated heterocycles. The fraction of sp³-hybridized carbons (Fsp3) is 0.467. The summed E-state index contributed by atoms with van der Waals surface area (Å²) in [7, 11) is 4.66. The Labute approximate surface area is 125 Å². The molecule has 0 unspecified atom stereocenters. The average Bonchev–Trinajstić information content (AvgIpc) is 2.52. The van der Waals surface area contributed by atoms with Crippen molar-refractivity contribution >= 4 is 12.1 Å². The van der Waals surface area contributed by atoms with Crippen LogP contribution in [0.1, 0.15) is 31.7 Å². The first-order valence-corrected chi connectivity index (χ1v) is 6.78. The Kier molecular flexibility index (Phi) is 7.08. The van der Waals surface area contributed by atoms with E-state index in [-0.39, 0.29) is 5.91 Å². The number of benzene rings is 1. The van der Waals surface area contributed by atoms with Crippen LogP contribution in [0.3, 0.4) is 0 Å². The Morgan fingerprint density at radius 2 is 1.76 bits per heavy atom. The van der Waals surface area contributed by atoms with E-state index in [4.69, 9.17) is 14.2 Å². The molecule has 1 aromatic carbocycles. The van der Waals surface area contributed by atoms with Crippen LogP contribution < -0.4 is 19.6 Å². The molecule has 6 heteroatoms. The third kappa shape index (κ3) is 4.98. The highest BCUT2D eigenvalue weighted by molar-refractivity contribution is 5.86. The van der Waals surface area contributed by atoms with Gasteiger partial charge in [-0.1, -0.05) is 13.3 Å². The number of ether oxygens (including phenoxy) is 3. The van der Waals surface area contributed by atoms with Crippen LogP contribution in [0.2, 0.25) is 0 Å². The molecular formula is C15H22N2O4. The lowest BCUT2D eigenvalue weighted by Gasteiger charge is -2.11. The summed E-state index contributed by atoms with van der Waals surface area (Å²) in [5.74, 6) is 1.61. The van der Waals surface area contributed by atoms with E-state index in [9.17, 15) is 4.79 Å². The third-order valence-electron chi connectivity index (χ3n) is 2.89. The number of unbranched alkanes of at least 4 members (excludes halogenated alkanes) is 1. The Hall–Kier alpha value is -2.24. The van der Waals surface area contributed by atoms with Crippen molar-refractivity contribution in [2.45, 2.75) is 26.2 Å². The number of nitrogens with one attached hydrogen (secondary N) is 1. The molecule has 0 aromatic heterocycles. The number of nitrogens with zero attached hydrogens (tertiary/aromatic N) is 1. The minimum atomic E-state index is -0.104. The molecule has 21 heavy (non-hydrogen) atoms. The predicted molar refractivity (Wildman–Crippen MR) is 81.4 cm³/mol. The van der Waals surface area contributed by atoms with Crippen LogP contribution in [-0.4, -0.2) is 33.5 Å². The van der Waals surface area contributed by atoms with Gasteiger partial charge in [-0.2, -0.15) is 5.10 Å². The number of rotatable bonds is 8. The van der Waals surface area contributed by atoms with Gasteiger partial charge in [0.1, 0.15) is 5.75 Å². The molecule has 0 atom stereocenters. The molecule has 6 nitrogen and oxygen atoms in total. The van der Waals surface area contributed by atoms with Crippen molar-refractivity contribution in [3.63, 3.8) is 0 Å². The zero-order chi connectivity index (χ0) is 15.7. The predicted octanol–water partition coefficient (Wildman–Crippen LogP) is 2.35. The van der Waals surface area contributed by atoms with Crippen molar-refractivity contribution in [2.75, 3.05) is 21.3 Å². The van der Waals surface area contributed by atoms with E-state index in [1.54, 1.807) is 33.5 Å². The van der Waals surface area contributed by atoms with Gasteiger partial charge in [0, 0.05) is 18.1 Å². The maximum atomic E-state index is 11.5. The molecule has 1 rings (SSSR count). The van der Waals surface area contributed by atoms with Gasteiger partial charge in [-0.05, 0) is 12.5 Å². The summed E-state index contributed by atoms with van der Waals surface area (Å²) >= 11 is 0. The summed E-state index contributed by atoms with van der Waals surface area (Å²) < 4.78 is 15.7. The maximum Gasteiger partial charge on any atom is 0.240 e. The van der Waals surface area contributed by atoms with Gasteiger partial charge in [-0.15, -0.1) is 0 Å². The number of carbonyl (C=O) groups is 1. The lowest BCUT2D eigenvalue weighted by molar-refractivity contribution is -0.121. The number of hydrogen-bond acceptors (Lipinski definition) is 5. The first-order chi connectivity index (χ1) is 10.2. The highest BCUT2D eigenvalue weighted by atomic mass is 16.5. The quantitative estimate of drug-likeness (QED) is 0.590. The van der Waals surface area contributed by atoms with Gasteiger partial charge in [-0.3, -0.25) is 4.79 Å². The maximum absolute atomic E-state index is 11.5. The Morgan fingerprint density at radius 3 is 2.33 bits per heavy atom. The van der Waals surface area contributed by atoms with Crippen molar-refractivity contribution in [1.29, 1.82) is 0 Å². The summed E-state index contributed by atoms with van der Waals surface area (Å²) in [4.78, 5) is 11.5. The first-order valence-electron chi connectivity index (χ1n) is 6.78. The molecule has 116 valence electrons. The van der Waals surface area contributed by atoms with E-state index < -0.39 is 0 Å². The number of hydrogen-bond donors (Lipinski definition) is 1. The Bertz CT molecular complexity index is 501. The molecule has 0 radical (unpaired) electrons. The molecule has 0 fully saturated rings. The minimum Gasteiger partial charge on any atom is -0.496 e. The first kappa shape index (κ1) is 16.8. The van der Waals surface area contributed by atoms with Gasteiger partial charge >= 0.3 is 0 Å². The molecule has 0 bridgehead atoms. The SMILES string of the molecule is CCCCC(=O)N/N=C/c1cc(OC)c(OC)cc1OC. The van der Waals surface area contributed by atoms with Crippen molar-refractivity contribution in [2.24, 2.45) is 5.10 Å². The van der Waals surface area contributed by atoms with Gasteiger partial charge in [0.05, 0.1) is 27.5 Å². The average molecular weight is 294 g/mol. The zero-order valence-electron chi connectivity index (χ0n) is 12.9. The molecule has 0 heterocycles. The van der Waals surface area contributed by atoms with Crippen LogP contribution in [-0.2, 0) is 4.79 Å². The van der Waals surface area contributed by atoms with E-state index in [1.165, 1.54) is 6.21 Å². The standard InChI is InChI=1S/C15H22N2O4/c1-5-6-7-15(18)17-16-10-11-8-13(20-3)14(21-4)9-12(11)19-2/h8-10H,5-7H2,1-4H3,(H,17,18)/b16-10+. The van der Waals surface area contributed by atoms with E-state index in [0.717, 1.165) is 12.8 Å². The van der Waals surface area contributed by atoms with Crippen LogP contribution in [0, 0.1) is 0 Å². The molecule has 1 amide bonds. The molecule has 0 spiro atoms. The van der Waals surface area contributed by atoms with Gasteiger partial charge in [-0.25, -0.2) is 5.43 Å². The third-order valence-corrected chi connectivity index (χ3v) is 2.89. The summed E-state index contributed by atoms with van der Waals surface area (Å²) in [6.07, 6.45) is 3.81.